The predicted octanol–water partition coefficient (Wildman–Crippen LogP) is 3.51. The van der Waals surface area contributed by atoms with Crippen LogP contribution in [0.4, 0.5) is 8.78 Å². The molecule has 1 unspecified atom stereocenters. The van der Waals surface area contributed by atoms with E-state index in [0.29, 0.717) is 49.2 Å². The molecule has 3 fully saturated rings. The van der Waals surface area contributed by atoms with E-state index in [1.165, 1.54) is 23.5 Å². The van der Waals surface area contributed by atoms with Crippen molar-refractivity contribution in [2.45, 2.75) is 31.7 Å². The largest absolute Gasteiger partial charge is 0.477 e. The zero-order valence-electron chi connectivity index (χ0n) is 17.8. The normalized spacial score (nSPS) is 28.2. The quantitative estimate of drug-likeness (QED) is 0.616. The van der Waals surface area contributed by atoms with Gasteiger partial charge in [-0.2, -0.15) is 5.10 Å². The molecule has 2 heterocycles. The first-order valence-corrected chi connectivity index (χ1v) is 13.0. The lowest BCUT2D eigenvalue weighted by Gasteiger charge is -2.69. The number of amides is 1. The van der Waals surface area contributed by atoms with Gasteiger partial charge in [0.25, 0.3) is 0 Å². The van der Waals surface area contributed by atoms with E-state index in [-0.39, 0.29) is 11.3 Å². The van der Waals surface area contributed by atoms with Gasteiger partial charge in [0.2, 0.25) is 11.8 Å². The molecule has 0 N–H and O–H groups in total. The molecule has 32 heavy (non-hydrogen) atoms. The molecule has 6 rings (SSSR count). The maximum atomic E-state index is 13.7. The Morgan fingerprint density at radius 2 is 1.84 bits per heavy atom. The molecule has 0 spiro atoms. The van der Waals surface area contributed by atoms with Crippen molar-refractivity contribution in [2.75, 3.05) is 19.9 Å². The van der Waals surface area contributed by atoms with Crippen LogP contribution in [-0.4, -0.2) is 47.0 Å². The summed E-state index contributed by atoms with van der Waals surface area (Å²) in [5.74, 6) is -1.07. The molecule has 3 saturated carbocycles. The van der Waals surface area contributed by atoms with Crippen molar-refractivity contribution < 1.29 is 22.9 Å². The number of aromatic nitrogens is 2. The highest BCUT2D eigenvalue weighted by Gasteiger charge is 2.73. The van der Waals surface area contributed by atoms with Crippen LogP contribution in [0.3, 0.4) is 0 Å². The number of hydrazone groups is 1. The second-order valence-electron chi connectivity index (χ2n) is 9.57. The molecule has 1 aromatic carbocycles. The summed E-state index contributed by atoms with van der Waals surface area (Å²) < 4.78 is 45.4. The van der Waals surface area contributed by atoms with Gasteiger partial charge >= 0.3 is 0 Å². The number of carbonyl (C=O) groups excluding carboxylic acids is 1. The van der Waals surface area contributed by atoms with Gasteiger partial charge in [-0.25, -0.2) is 23.8 Å². The average molecular weight is 460 g/mol. The van der Waals surface area contributed by atoms with Crippen LogP contribution in [0.5, 0.6) is 5.88 Å². The molecule has 1 aromatic heterocycles. The van der Waals surface area contributed by atoms with Crippen LogP contribution in [0.25, 0.3) is 0 Å². The molecular formula is C22H23F2N4O3P. The fourth-order valence-corrected chi connectivity index (χ4v) is 5.96. The van der Waals surface area contributed by atoms with Gasteiger partial charge in [-0.1, -0.05) is 0 Å². The summed E-state index contributed by atoms with van der Waals surface area (Å²) in [5.41, 5.74) is 0.293. The summed E-state index contributed by atoms with van der Waals surface area (Å²) in [4.78, 5) is 21.4. The van der Waals surface area contributed by atoms with Crippen molar-refractivity contribution in [3.8, 4) is 5.88 Å². The van der Waals surface area contributed by atoms with Crippen LogP contribution in [0.15, 0.2) is 35.7 Å². The van der Waals surface area contributed by atoms with Gasteiger partial charge in [0.05, 0.1) is 18.1 Å². The van der Waals surface area contributed by atoms with E-state index in [1.807, 2.05) is 0 Å². The van der Waals surface area contributed by atoms with Gasteiger partial charge in [0.15, 0.2) is 0 Å². The van der Waals surface area contributed by atoms with E-state index >= 15 is 0 Å². The average Bonchev–Trinajstić information content (AvgIpc) is 3.14. The zero-order valence-corrected chi connectivity index (χ0v) is 18.7. The van der Waals surface area contributed by atoms with Crippen molar-refractivity contribution in [3.05, 3.63) is 47.8 Å². The Hall–Kier alpha value is -2.67. The number of carbonyl (C=O) groups is 1. The Morgan fingerprint density at radius 1 is 1.16 bits per heavy atom. The molecule has 4 aliphatic rings. The number of benzene rings is 1. The van der Waals surface area contributed by atoms with Crippen molar-refractivity contribution in [3.63, 3.8) is 0 Å². The first-order chi connectivity index (χ1) is 15.1. The topological polar surface area (TPSA) is 84.8 Å². The lowest BCUT2D eigenvalue weighted by atomic mass is 9.35. The Labute approximate surface area is 184 Å². The molecule has 3 aliphatic carbocycles. The fourth-order valence-electron chi connectivity index (χ4n) is 5.21. The molecule has 168 valence electrons. The molecule has 7 nitrogen and oxygen atoms in total. The molecule has 10 heteroatoms. The Morgan fingerprint density at radius 3 is 2.50 bits per heavy atom. The maximum Gasteiger partial charge on any atom is 0.249 e. The highest BCUT2D eigenvalue weighted by molar-refractivity contribution is 7.69. The van der Waals surface area contributed by atoms with Gasteiger partial charge in [-0.15, -0.1) is 0 Å². The van der Waals surface area contributed by atoms with Gasteiger partial charge in [-0.3, -0.25) is 4.79 Å². The molecular weight excluding hydrogens is 437 g/mol. The SMILES string of the molecule is CP(C)(=O)c1cc(OCC23CC(C(=O)N4N=CCC4c4cc(F)cc(F)c4)(C2)C3)ncn1. The first-order valence-electron chi connectivity index (χ1n) is 10.4. The summed E-state index contributed by atoms with van der Waals surface area (Å²) in [6.45, 7) is 3.70. The number of hydrogen-bond donors (Lipinski definition) is 0. The second kappa shape index (κ2) is 7.17. The summed E-state index contributed by atoms with van der Waals surface area (Å²) >= 11 is 0. The third-order valence-corrected chi connectivity index (χ3v) is 7.96. The van der Waals surface area contributed by atoms with Gasteiger partial charge in [0.1, 0.15) is 30.5 Å². The van der Waals surface area contributed by atoms with Crippen LogP contribution in [0, 0.1) is 22.5 Å². The molecule has 1 atom stereocenters. The minimum Gasteiger partial charge on any atom is -0.477 e. The summed E-state index contributed by atoms with van der Waals surface area (Å²) in [7, 11) is -2.51. The third-order valence-electron chi connectivity index (χ3n) is 6.61. The van der Waals surface area contributed by atoms with Crippen molar-refractivity contribution in [1.82, 2.24) is 15.0 Å². The minimum atomic E-state index is -2.51. The van der Waals surface area contributed by atoms with E-state index in [9.17, 15) is 18.1 Å². The van der Waals surface area contributed by atoms with Crippen LogP contribution >= 0.6 is 7.14 Å². The Balaban J connectivity index is 1.22. The number of halogens is 2. The van der Waals surface area contributed by atoms with E-state index in [2.05, 4.69) is 15.1 Å². The Kier molecular flexibility index (Phi) is 4.75. The number of ether oxygens (including phenoxy) is 1. The van der Waals surface area contributed by atoms with Gasteiger partial charge < -0.3 is 9.30 Å². The second-order valence-corrected chi connectivity index (χ2v) is 12.7. The molecule has 2 bridgehead atoms. The lowest BCUT2D eigenvalue weighted by molar-refractivity contribution is -0.227. The Bertz CT molecular complexity index is 1140. The van der Waals surface area contributed by atoms with E-state index < -0.39 is 30.2 Å². The maximum absolute atomic E-state index is 13.7. The standard InChI is InChI=1S/C22H23F2N4O3P/c1-32(2,30)19-8-18(25-13-26-19)31-12-21-9-22(10-21,11-21)20(29)28-17(3-4-27-28)14-5-15(23)7-16(24)6-14/h4-8,13,17H,3,9-12H2,1-2H3. The molecule has 0 saturated heterocycles. The monoisotopic (exact) mass is 460 g/mol. The molecule has 0 radical (unpaired) electrons. The van der Waals surface area contributed by atoms with Crippen molar-refractivity contribution >= 4 is 24.7 Å². The zero-order chi connectivity index (χ0) is 22.7. The highest BCUT2D eigenvalue weighted by atomic mass is 31.2. The number of hydrogen-bond acceptors (Lipinski definition) is 6. The summed E-state index contributed by atoms with van der Waals surface area (Å²) in [5, 5.41) is 5.60. The van der Waals surface area contributed by atoms with Crippen LogP contribution in [0.2, 0.25) is 0 Å². The lowest BCUT2D eigenvalue weighted by Crippen LogP contribution is -2.69. The number of rotatable bonds is 6. The van der Waals surface area contributed by atoms with Gasteiger partial charge in [0, 0.05) is 30.2 Å². The predicted molar refractivity (Wildman–Crippen MR) is 114 cm³/mol. The van der Waals surface area contributed by atoms with E-state index in [4.69, 9.17) is 4.74 Å². The highest BCUT2D eigenvalue weighted by Crippen LogP contribution is 2.74. The molecule has 1 aliphatic heterocycles. The van der Waals surface area contributed by atoms with E-state index in [0.717, 1.165) is 6.07 Å². The summed E-state index contributed by atoms with van der Waals surface area (Å²) in [6.07, 6.45) is 5.40. The van der Waals surface area contributed by atoms with Crippen LogP contribution in [-0.2, 0) is 9.36 Å². The van der Waals surface area contributed by atoms with Crippen LogP contribution in [0.1, 0.15) is 37.3 Å². The van der Waals surface area contributed by atoms with E-state index in [1.54, 1.807) is 25.6 Å². The number of nitrogens with zero attached hydrogens (tertiary/aromatic N) is 4. The smallest absolute Gasteiger partial charge is 0.249 e. The molecule has 2 aromatic rings. The first kappa shape index (κ1) is 21.2. The van der Waals surface area contributed by atoms with Crippen LogP contribution < -0.4 is 10.2 Å². The summed E-state index contributed by atoms with van der Waals surface area (Å²) in [6, 6.07) is 4.43. The third kappa shape index (κ3) is 3.52. The minimum absolute atomic E-state index is 0.0905. The van der Waals surface area contributed by atoms with Crippen molar-refractivity contribution in [1.29, 1.82) is 0 Å². The fraction of sp³-hybridized carbons (Fsp3) is 0.455. The van der Waals surface area contributed by atoms with Crippen molar-refractivity contribution in [2.24, 2.45) is 15.9 Å². The van der Waals surface area contributed by atoms with Gasteiger partial charge in [-0.05, 0) is 50.3 Å². The molecule has 1 amide bonds.